The van der Waals surface area contributed by atoms with Crippen molar-refractivity contribution in [1.82, 2.24) is 10.2 Å². The van der Waals surface area contributed by atoms with Crippen molar-refractivity contribution in [2.24, 2.45) is 0 Å². The zero-order valence-corrected chi connectivity index (χ0v) is 13.8. The molecule has 1 aliphatic rings. The van der Waals surface area contributed by atoms with Gasteiger partial charge in [-0.1, -0.05) is 25.5 Å². The zero-order chi connectivity index (χ0) is 15.1. The molecule has 1 unspecified atom stereocenters. The van der Waals surface area contributed by atoms with Crippen molar-refractivity contribution in [1.29, 1.82) is 0 Å². The van der Waals surface area contributed by atoms with Crippen LogP contribution in [0.5, 0.6) is 5.75 Å². The Balaban J connectivity index is 1.92. The lowest BCUT2D eigenvalue weighted by atomic mass is 10.0. The number of ether oxygens (including phenoxy) is 1. The molecule has 3 heteroatoms. The molecule has 0 amide bonds. The van der Waals surface area contributed by atoms with E-state index in [2.05, 4.69) is 49.2 Å². The van der Waals surface area contributed by atoms with Crippen molar-refractivity contribution in [2.75, 3.05) is 32.8 Å². The third-order valence-corrected chi connectivity index (χ3v) is 4.26. The molecule has 0 spiro atoms. The molecule has 0 aromatic heterocycles. The van der Waals surface area contributed by atoms with E-state index in [0.717, 1.165) is 25.4 Å². The van der Waals surface area contributed by atoms with E-state index < -0.39 is 0 Å². The van der Waals surface area contributed by atoms with Crippen LogP contribution < -0.4 is 10.1 Å². The molecule has 0 saturated carbocycles. The molecule has 0 aliphatic carbocycles. The molecule has 21 heavy (non-hydrogen) atoms. The van der Waals surface area contributed by atoms with Crippen LogP contribution in [0.1, 0.15) is 50.3 Å². The summed E-state index contributed by atoms with van der Waals surface area (Å²) in [6.07, 6.45) is 4.07. The fourth-order valence-electron chi connectivity index (χ4n) is 3.01. The standard InChI is InChI=1S/C18H30N2O/c1-4-19-16(3)17-9-8-15(2)14-18(17)21-13-12-20-10-6-5-7-11-20/h8-9,14,16,19H,4-7,10-13H2,1-3H3. The first kappa shape index (κ1) is 16.3. The lowest BCUT2D eigenvalue weighted by Crippen LogP contribution is -2.33. The van der Waals surface area contributed by atoms with Gasteiger partial charge in [-0.05, 0) is 58.0 Å². The maximum atomic E-state index is 6.11. The third kappa shape index (κ3) is 5.01. The normalized spacial score (nSPS) is 17.7. The molecule has 1 atom stereocenters. The topological polar surface area (TPSA) is 24.5 Å². The summed E-state index contributed by atoms with van der Waals surface area (Å²) in [5.41, 5.74) is 2.52. The van der Waals surface area contributed by atoms with Crippen LogP contribution in [-0.4, -0.2) is 37.7 Å². The number of likely N-dealkylation sites (tertiary alicyclic amines) is 1. The van der Waals surface area contributed by atoms with E-state index in [1.54, 1.807) is 0 Å². The highest BCUT2D eigenvalue weighted by Crippen LogP contribution is 2.26. The Morgan fingerprint density at radius 3 is 2.71 bits per heavy atom. The van der Waals surface area contributed by atoms with Crippen LogP contribution in [0.3, 0.4) is 0 Å². The minimum Gasteiger partial charge on any atom is -0.492 e. The minimum absolute atomic E-state index is 0.334. The number of hydrogen-bond donors (Lipinski definition) is 1. The van der Waals surface area contributed by atoms with Gasteiger partial charge in [-0.3, -0.25) is 4.90 Å². The summed E-state index contributed by atoms with van der Waals surface area (Å²) in [6.45, 7) is 11.7. The predicted octanol–water partition coefficient (Wildman–Crippen LogP) is 3.53. The predicted molar refractivity (Wildman–Crippen MR) is 89.1 cm³/mol. The van der Waals surface area contributed by atoms with Crippen molar-refractivity contribution < 1.29 is 4.74 Å². The first-order valence-electron chi connectivity index (χ1n) is 8.39. The molecule has 0 bridgehead atoms. The zero-order valence-electron chi connectivity index (χ0n) is 13.8. The van der Waals surface area contributed by atoms with Gasteiger partial charge in [0.25, 0.3) is 0 Å². The number of aryl methyl sites for hydroxylation is 1. The number of nitrogens with zero attached hydrogens (tertiary/aromatic N) is 1. The van der Waals surface area contributed by atoms with Crippen molar-refractivity contribution in [3.63, 3.8) is 0 Å². The van der Waals surface area contributed by atoms with Gasteiger partial charge in [-0.15, -0.1) is 0 Å². The van der Waals surface area contributed by atoms with Crippen molar-refractivity contribution in [3.8, 4) is 5.75 Å². The summed E-state index contributed by atoms with van der Waals surface area (Å²) in [6, 6.07) is 6.86. The Morgan fingerprint density at radius 1 is 1.24 bits per heavy atom. The number of hydrogen-bond acceptors (Lipinski definition) is 3. The van der Waals surface area contributed by atoms with Gasteiger partial charge in [0.15, 0.2) is 0 Å². The molecular weight excluding hydrogens is 260 g/mol. The average Bonchev–Trinajstić information content (AvgIpc) is 2.49. The molecule has 1 fully saturated rings. The molecule has 1 aromatic carbocycles. The quantitative estimate of drug-likeness (QED) is 0.831. The van der Waals surface area contributed by atoms with E-state index in [0.29, 0.717) is 6.04 Å². The van der Waals surface area contributed by atoms with Crippen LogP contribution in [0.4, 0.5) is 0 Å². The second-order valence-corrected chi connectivity index (χ2v) is 6.07. The van der Waals surface area contributed by atoms with E-state index in [9.17, 15) is 0 Å². The number of piperidine rings is 1. The Bertz CT molecular complexity index is 427. The summed E-state index contributed by atoms with van der Waals surface area (Å²) in [5.74, 6) is 1.04. The lowest BCUT2D eigenvalue weighted by molar-refractivity contribution is 0.182. The summed E-state index contributed by atoms with van der Waals surface area (Å²) in [4.78, 5) is 2.52. The second-order valence-electron chi connectivity index (χ2n) is 6.07. The first-order valence-corrected chi connectivity index (χ1v) is 8.39. The molecule has 1 N–H and O–H groups in total. The molecule has 2 rings (SSSR count). The van der Waals surface area contributed by atoms with Crippen LogP contribution in [0, 0.1) is 6.92 Å². The van der Waals surface area contributed by atoms with Gasteiger partial charge in [-0.25, -0.2) is 0 Å². The van der Waals surface area contributed by atoms with Gasteiger partial charge in [0.05, 0.1) is 0 Å². The van der Waals surface area contributed by atoms with E-state index in [-0.39, 0.29) is 0 Å². The smallest absolute Gasteiger partial charge is 0.124 e. The molecule has 1 aromatic rings. The van der Waals surface area contributed by atoms with Crippen molar-refractivity contribution in [2.45, 2.75) is 46.1 Å². The number of benzene rings is 1. The highest BCUT2D eigenvalue weighted by Gasteiger charge is 2.13. The van der Waals surface area contributed by atoms with Crippen molar-refractivity contribution in [3.05, 3.63) is 29.3 Å². The van der Waals surface area contributed by atoms with Gasteiger partial charge in [0.2, 0.25) is 0 Å². The average molecular weight is 290 g/mol. The molecular formula is C18H30N2O. The second kappa shape index (κ2) is 8.40. The molecule has 3 nitrogen and oxygen atoms in total. The van der Waals surface area contributed by atoms with Crippen LogP contribution in [0.25, 0.3) is 0 Å². The fourth-order valence-corrected chi connectivity index (χ4v) is 3.01. The van der Waals surface area contributed by atoms with Gasteiger partial charge in [0, 0.05) is 18.2 Å². The highest BCUT2D eigenvalue weighted by molar-refractivity contribution is 5.39. The van der Waals surface area contributed by atoms with Crippen LogP contribution in [-0.2, 0) is 0 Å². The molecule has 1 heterocycles. The summed E-state index contributed by atoms with van der Waals surface area (Å²) >= 11 is 0. The largest absolute Gasteiger partial charge is 0.492 e. The van der Waals surface area contributed by atoms with Crippen LogP contribution in [0.2, 0.25) is 0 Å². The summed E-state index contributed by atoms with van der Waals surface area (Å²) in [5, 5.41) is 3.47. The number of nitrogens with one attached hydrogen (secondary N) is 1. The minimum atomic E-state index is 0.334. The summed E-state index contributed by atoms with van der Waals surface area (Å²) < 4.78 is 6.11. The number of rotatable bonds is 7. The monoisotopic (exact) mass is 290 g/mol. The maximum Gasteiger partial charge on any atom is 0.124 e. The molecule has 1 saturated heterocycles. The van der Waals surface area contributed by atoms with Crippen molar-refractivity contribution >= 4 is 0 Å². The Morgan fingerprint density at radius 2 is 2.00 bits per heavy atom. The molecule has 118 valence electrons. The van der Waals surface area contributed by atoms with Gasteiger partial charge in [0.1, 0.15) is 12.4 Å². The highest BCUT2D eigenvalue weighted by atomic mass is 16.5. The SMILES string of the molecule is CCNC(C)c1ccc(C)cc1OCCN1CCCCC1. The van der Waals surface area contributed by atoms with Gasteiger partial charge < -0.3 is 10.1 Å². The molecule has 0 radical (unpaired) electrons. The van der Waals surface area contributed by atoms with E-state index >= 15 is 0 Å². The van der Waals surface area contributed by atoms with E-state index in [4.69, 9.17) is 4.74 Å². The van der Waals surface area contributed by atoms with Crippen LogP contribution >= 0.6 is 0 Å². The lowest BCUT2D eigenvalue weighted by Gasteiger charge is -2.26. The van der Waals surface area contributed by atoms with Crippen LogP contribution in [0.15, 0.2) is 18.2 Å². The third-order valence-electron chi connectivity index (χ3n) is 4.26. The fraction of sp³-hybridized carbons (Fsp3) is 0.667. The van der Waals surface area contributed by atoms with Gasteiger partial charge in [-0.2, -0.15) is 0 Å². The van der Waals surface area contributed by atoms with Gasteiger partial charge >= 0.3 is 0 Å². The Hall–Kier alpha value is -1.06. The molecule has 1 aliphatic heterocycles. The maximum absolute atomic E-state index is 6.11. The van der Waals surface area contributed by atoms with E-state index in [1.807, 2.05) is 0 Å². The first-order chi connectivity index (χ1) is 10.2. The van der Waals surface area contributed by atoms with E-state index in [1.165, 1.54) is 43.5 Å². The Labute approximate surface area is 129 Å². The summed E-state index contributed by atoms with van der Waals surface area (Å²) in [7, 11) is 0. The Kier molecular flexibility index (Phi) is 6.52.